The first-order valence-electron chi connectivity index (χ1n) is 10.2. The van der Waals surface area contributed by atoms with Gasteiger partial charge in [-0.2, -0.15) is 0 Å². The fraction of sp³-hybridized carbons (Fsp3) is 0.652. The highest BCUT2D eigenvalue weighted by molar-refractivity contribution is 5.95. The molecule has 0 aromatic heterocycles. The summed E-state index contributed by atoms with van der Waals surface area (Å²) < 4.78 is 0. The van der Waals surface area contributed by atoms with E-state index in [-0.39, 0.29) is 27.9 Å². The minimum atomic E-state index is -0.623. The van der Waals surface area contributed by atoms with Crippen molar-refractivity contribution in [2.75, 3.05) is 0 Å². The molecule has 1 fully saturated rings. The number of hydrogen-bond donors (Lipinski definition) is 1. The van der Waals surface area contributed by atoms with Gasteiger partial charge in [-0.3, -0.25) is 9.59 Å². The molecule has 3 nitrogen and oxygen atoms in total. The second-order valence-electron chi connectivity index (χ2n) is 9.73. The van der Waals surface area contributed by atoms with Crippen molar-refractivity contribution in [2.45, 2.75) is 71.8 Å². The van der Waals surface area contributed by atoms with E-state index in [1.54, 1.807) is 6.08 Å². The lowest BCUT2D eigenvalue weighted by Gasteiger charge is -2.53. The predicted octanol–water partition coefficient (Wildman–Crippen LogP) is 4.07. The van der Waals surface area contributed by atoms with Crippen molar-refractivity contribution in [2.24, 2.45) is 22.2 Å². The second-order valence-corrected chi connectivity index (χ2v) is 9.73. The third kappa shape index (κ3) is 1.65. The molecule has 0 aliphatic heterocycles. The molecule has 0 amide bonds. The third-order valence-electron chi connectivity index (χ3n) is 8.73. The Kier molecular flexibility index (Phi) is 3.12. The summed E-state index contributed by atoms with van der Waals surface area (Å²) in [6.07, 6.45) is 9.25. The maximum Gasteiger partial charge on any atom is 0.155 e. The fourth-order valence-electron chi connectivity index (χ4n) is 7.11. The predicted molar refractivity (Wildman–Crippen MR) is 99.3 cm³/mol. The van der Waals surface area contributed by atoms with Crippen LogP contribution < -0.4 is 0 Å². The Morgan fingerprint density at radius 1 is 1.08 bits per heavy atom. The molecule has 5 aliphatic carbocycles. The minimum absolute atomic E-state index is 0.0469. The number of Topliss-reactive ketones (excluding diaryl/α,β-unsaturated/α-hetero) is 1. The first kappa shape index (κ1) is 16.7. The average Bonchev–Trinajstić information content (AvgIpc) is 3.05. The van der Waals surface area contributed by atoms with Gasteiger partial charge in [-0.15, -0.1) is 0 Å². The number of rotatable bonds is 0. The third-order valence-corrected chi connectivity index (χ3v) is 8.73. The smallest absolute Gasteiger partial charge is 0.155 e. The first-order valence-corrected chi connectivity index (χ1v) is 10.2. The largest absolute Gasteiger partial charge is 0.388 e. The molecule has 3 heteroatoms. The van der Waals surface area contributed by atoms with Crippen LogP contribution in [0.25, 0.3) is 0 Å². The van der Waals surface area contributed by atoms with Crippen LogP contribution in [0.15, 0.2) is 34.4 Å². The molecule has 138 valence electrons. The number of hydrogen-bond acceptors (Lipinski definition) is 3. The van der Waals surface area contributed by atoms with Gasteiger partial charge in [0.1, 0.15) is 5.78 Å². The van der Waals surface area contributed by atoms with E-state index >= 15 is 0 Å². The van der Waals surface area contributed by atoms with Crippen molar-refractivity contribution in [1.82, 2.24) is 0 Å². The summed E-state index contributed by atoms with van der Waals surface area (Å²) in [4.78, 5) is 25.1. The van der Waals surface area contributed by atoms with E-state index in [0.717, 1.165) is 37.7 Å². The van der Waals surface area contributed by atoms with Crippen LogP contribution in [-0.2, 0) is 9.59 Å². The van der Waals surface area contributed by atoms with Gasteiger partial charge in [0, 0.05) is 24.2 Å². The number of aliphatic hydroxyl groups is 1. The number of ketones is 2. The van der Waals surface area contributed by atoms with Crippen molar-refractivity contribution < 1.29 is 14.7 Å². The van der Waals surface area contributed by atoms with E-state index in [0.29, 0.717) is 18.6 Å². The number of carbonyl (C=O) groups is 2. The quantitative estimate of drug-likeness (QED) is 0.715. The van der Waals surface area contributed by atoms with Crippen molar-refractivity contribution in [3.63, 3.8) is 0 Å². The van der Waals surface area contributed by atoms with Crippen molar-refractivity contribution >= 4 is 11.6 Å². The Hall–Kier alpha value is -1.48. The van der Waals surface area contributed by atoms with Crippen molar-refractivity contribution in [3.05, 3.63) is 34.4 Å². The molecule has 5 atom stereocenters. The van der Waals surface area contributed by atoms with Gasteiger partial charge in [0.2, 0.25) is 0 Å². The van der Waals surface area contributed by atoms with Crippen molar-refractivity contribution in [3.8, 4) is 0 Å². The van der Waals surface area contributed by atoms with E-state index in [1.165, 1.54) is 16.7 Å². The molecular formula is C23H28O3. The zero-order valence-corrected chi connectivity index (χ0v) is 16.0. The number of aliphatic hydroxyl groups excluding tert-OH is 1. The molecule has 5 aliphatic rings. The molecule has 3 unspecified atom stereocenters. The van der Waals surface area contributed by atoms with Gasteiger partial charge in [0.15, 0.2) is 5.78 Å². The monoisotopic (exact) mass is 352 g/mol. The molecular weight excluding hydrogens is 324 g/mol. The standard InChI is InChI=1S/C23H28O3/c1-13-19-15(22(3)10-4-14(24)12-17(22)20(13)26)6-11-23-16(19)5-8-21(23,2)9-7-18(23)25/h5,12-13,20,26H,4,6-11H2,1-3H3/t13-,20?,21-,22?,23?/m0/s1. The SMILES string of the molecule is C[C@H]1C2=C(CCC34C(=O)CC[C@]3(C)CC=C24)C2(C)CCC(=O)C=C2C1O. The number of fused-ring (bicyclic) bond motifs is 3. The molecule has 0 aromatic rings. The molecule has 1 N–H and O–H groups in total. The van der Waals surface area contributed by atoms with Gasteiger partial charge in [-0.25, -0.2) is 0 Å². The van der Waals surface area contributed by atoms with Crippen LogP contribution >= 0.6 is 0 Å². The molecule has 26 heavy (non-hydrogen) atoms. The van der Waals surface area contributed by atoms with Gasteiger partial charge in [-0.1, -0.05) is 32.4 Å². The summed E-state index contributed by atoms with van der Waals surface area (Å²) in [7, 11) is 0. The number of carbonyl (C=O) groups excluding carboxylic acids is 2. The molecule has 0 heterocycles. The maximum absolute atomic E-state index is 13.1. The fourth-order valence-corrected chi connectivity index (χ4v) is 7.11. The molecule has 0 radical (unpaired) electrons. The van der Waals surface area contributed by atoms with Crippen LogP contribution in [0.4, 0.5) is 0 Å². The average molecular weight is 352 g/mol. The van der Waals surface area contributed by atoms with E-state index in [1.807, 2.05) is 0 Å². The number of allylic oxidation sites excluding steroid dienone is 4. The van der Waals surface area contributed by atoms with Crippen molar-refractivity contribution in [1.29, 1.82) is 0 Å². The Bertz CT molecular complexity index is 844. The van der Waals surface area contributed by atoms with E-state index in [4.69, 9.17) is 0 Å². The van der Waals surface area contributed by atoms with Gasteiger partial charge in [0.05, 0.1) is 11.5 Å². The normalized spacial score (nSPS) is 47.1. The second kappa shape index (κ2) is 4.86. The lowest BCUT2D eigenvalue weighted by molar-refractivity contribution is -0.127. The zero-order valence-electron chi connectivity index (χ0n) is 16.0. The first-order chi connectivity index (χ1) is 12.2. The molecule has 0 aromatic carbocycles. The Morgan fingerprint density at radius 3 is 2.62 bits per heavy atom. The van der Waals surface area contributed by atoms with Gasteiger partial charge >= 0.3 is 0 Å². The molecule has 1 spiro atoms. The maximum atomic E-state index is 13.1. The summed E-state index contributed by atoms with van der Waals surface area (Å²) >= 11 is 0. The van der Waals surface area contributed by atoms with Crippen LogP contribution in [0.1, 0.15) is 65.7 Å². The van der Waals surface area contributed by atoms with Crippen LogP contribution in [0.2, 0.25) is 0 Å². The summed E-state index contributed by atoms with van der Waals surface area (Å²) in [6.45, 7) is 6.58. The van der Waals surface area contributed by atoms with Crippen LogP contribution in [0, 0.1) is 22.2 Å². The summed E-state index contributed by atoms with van der Waals surface area (Å²) in [5, 5.41) is 11.1. The van der Waals surface area contributed by atoms with E-state index < -0.39 is 6.10 Å². The minimum Gasteiger partial charge on any atom is -0.388 e. The summed E-state index contributed by atoms with van der Waals surface area (Å²) in [6, 6.07) is 0. The Labute approximate surface area is 155 Å². The van der Waals surface area contributed by atoms with E-state index in [2.05, 4.69) is 26.8 Å². The van der Waals surface area contributed by atoms with Crippen LogP contribution in [0.3, 0.4) is 0 Å². The topological polar surface area (TPSA) is 54.4 Å². The molecule has 0 bridgehead atoms. The van der Waals surface area contributed by atoms with Crippen LogP contribution in [-0.4, -0.2) is 22.8 Å². The van der Waals surface area contributed by atoms with Gasteiger partial charge in [0.25, 0.3) is 0 Å². The summed E-state index contributed by atoms with van der Waals surface area (Å²) in [5.41, 5.74) is 4.33. The van der Waals surface area contributed by atoms with Gasteiger partial charge in [-0.05, 0) is 60.3 Å². The van der Waals surface area contributed by atoms with Gasteiger partial charge < -0.3 is 5.11 Å². The highest BCUT2D eigenvalue weighted by Crippen LogP contribution is 2.70. The Balaban J connectivity index is 1.74. The highest BCUT2D eigenvalue weighted by Gasteiger charge is 2.65. The molecule has 5 rings (SSSR count). The zero-order chi connectivity index (χ0) is 18.5. The summed E-state index contributed by atoms with van der Waals surface area (Å²) in [5.74, 6) is 0.510. The van der Waals surface area contributed by atoms with Crippen LogP contribution in [0.5, 0.6) is 0 Å². The highest BCUT2D eigenvalue weighted by atomic mass is 16.3. The Morgan fingerprint density at radius 2 is 1.85 bits per heavy atom. The lowest BCUT2D eigenvalue weighted by atomic mass is 9.50. The lowest BCUT2D eigenvalue weighted by Crippen LogP contribution is -2.48. The van der Waals surface area contributed by atoms with E-state index in [9.17, 15) is 14.7 Å². The molecule has 0 saturated heterocycles. The molecule has 1 saturated carbocycles.